The summed E-state index contributed by atoms with van der Waals surface area (Å²) in [5.74, 6) is -0.258. The van der Waals surface area contributed by atoms with Gasteiger partial charge < -0.3 is 19.1 Å². The highest BCUT2D eigenvalue weighted by Gasteiger charge is 2.52. The zero-order valence-corrected chi connectivity index (χ0v) is 23.3. The Morgan fingerprint density at radius 1 is 1.09 bits per heavy atom. The first-order valence-electron chi connectivity index (χ1n) is 11.9. The zero-order chi connectivity index (χ0) is 25.5. The van der Waals surface area contributed by atoms with Crippen LogP contribution in [0.15, 0.2) is 36.5 Å². The highest BCUT2D eigenvalue weighted by atomic mass is 28.4. The second-order valence-corrected chi connectivity index (χ2v) is 16.5. The summed E-state index contributed by atoms with van der Waals surface area (Å²) in [6.45, 7) is 21.7. The van der Waals surface area contributed by atoms with Crippen molar-refractivity contribution in [2.75, 3.05) is 5.32 Å². The van der Waals surface area contributed by atoms with Gasteiger partial charge in [0.05, 0.1) is 17.8 Å². The van der Waals surface area contributed by atoms with E-state index in [0.717, 1.165) is 16.6 Å². The van der Waals surface area contributed by atoms with Crippen molar-refractivity contribution >= 4 is 32.5 Å². The maximum atomic E-state index is 12.9. The molecule has 0 atom stereocenters. The van der Waals surface area contributed by atoms with Gasteiger partial charge in [-0.25, -0.2) is 0 Å². The molecule has 3 rings (SSSR count). The third-order valence-corrected chi connectivity index (χ3v) is 12.1. The summed E-state index contributed by atoms with van der Waals surface area (Å²) in [6, 6.07) is 9.40. The fraction of sp³-hybridized carbons (Fsp3) is 0.538. The minimum atomic E-state index is -1.84. The molecule has 0 spiro atoms. The quantitative estimate of drug-likeness (QED) is 0.554. The van der Waals surface area contributed by atoms with Gasteiger partial charge in [-0.15, -0.1) is 0 Å². The molecule has 34 heavy (non-hydrogen) atoms. The topological polar surface area (TPSA) is 69.7 Å². The lowest BCUT2D eigenvalue weighted by atomic mass is 9.76. The summed E-state index contributed by atoms with van der Waals surface area (Å²) in [5.41, 5.74) is 2.99. The van der Waals surface area contributed by atoms with E-state index in [1.165, 1.54) is 0 Å². The zero-order valence-electron chi connectivity index (χ0n) is 22.3. The Labute approximate surface area is 206 Å². The van der Waals surface area contributed by atoms with Crippen LogP contribution < -0.4 is 10.8 Å². The van der Waals surface area contributed by atoms with Gasteiger partial charge in [-0.05, 0) is 81.5 Å². The van der Waals surface area contributed by atoms with Crippen molar-refractivity contribution in [3.05, 3.63) is 53.3 Å². The Kier molecular flexibility index (Phi) is 7.22. The summed E-state index contributed by atoms with van der Waals surface area (Å²) in [4.78, 5) is 17.3. The Balaban J connectivity index is 1.69. The molecular weight excluding hydrogens is 443 g/mol. The van der Waals surface area contributed by atoms with Crippen LogP contribution in [0, 0.1) is 6.92 Å². The van der Waals surface area contributed by atoms with E-state index in [1.54, 1.807) is 12.3 Å². The van der Waals surface area contributed by atoms with E-state index in [-0.39, 0.29) is 10.9 Å². The summed E-state index contributed by atoms with van der Waals surface area (Å²) in [5, 5.41) is 3.14. The third-order valence-electron chi connectivity index (χ3n) is 7.59. The van der Waals surface area contributed by atoms with Crippen LogP contribution in [0.4, 0.5) is 5.69 Å². The molecule has 1 N–H and O–H groups in total. The van der Waals surface area contributed by atoms with Gasteiger partial charge in [0, 0.05) is 11.9 Å². The number of amides is 1. The summed E-state index contributed by atoms with van der Waals surface area (Å²) < 4.78 is 18.7. The first-order valence-corrected chi connectivity index (χ1v) is 14.8. The van der Waals surface area contributed by atoms with Crippen molar-refractivity contribution in [2.24, 2.45) is 0 Å². The lowest BCUT2D eigenvalue weighted by molar-refractivity contribution is 0.00578. The normalized spacial score (nSPS) is 17.6. The number of nitrogens with zero attached hydrogens (tertiary/aromatic N) is 1. The molecule has 1 saturated heterocycles. The molecule has 0 unspecified atom stereocenters. The lowest BCUT2D eigenvalue weighted by Gasteiger charge is -2.36. The van der Waals surface area contributed by atoms with Crippen molar-refractivity contribution in [3.63, 3.8) is 0 Å². The van der Waals surface area contributed by atoms with Crippen LogP contribution in [-0.2, 0) is 20.3 Å². The molecule has 6 nitrogen and oxygen atoms in total. The molecule has 184 valence electrons. The van der Waals surface area contributed by atoms with Crippen molar-refractivity contribution in [1.29, 1.82) is 0 Å². The predicted molar refractivity (Wildman–Crippen MR) is 141 cm³/mol. The van der Waals surface area contributed by atoms with Crippen LogP contribution in [0.2, 0.25) is 18.1 Å². The van der Waals surface area contributed by atoms with E-state index >= 15 is 0 Å². The average Bonchev–Trinajstić information content (AvgIpc) is 2.94. The second kappa shape index (κ2) is 9.22. The van der Waals surface area contributed by atoms with E-state index in [0.29, 0.717) is 18.0 Å². The SMILES string of the molecule is Cc1c(NC(=O)c2ccc(CO[Si](C)(C)C(C)(C)C)cn2)cccc1B1OC(C)(C)C(C)(C)O1. The van der Waals surface area contributed by atoms with Gasteiger partial charge in [0.15, 0.2) is 8.32 Å². The van der Waals surface area contributed by atoms with Gasteiger partial charge in [0.25, 0.3) is 5.91 Å². The number of nitrogens with one attached hydrogen (secondary N) is 1. The van der Waals surface area contributed by atoms with Crippen LogP contribution in [0.25, 0.3) is 0 Å². The summed E-state index contributed by atoms with van der Waals surface area (Å²) >= 11 is 0. The molecule has 0 aliphatic carbocycles. The molecule has 2 heterocycles. The van der Waals surface area contributed by atoms with Gasteiger partial charge in [0.2, 0.25) is 0 Å². The highest BCUT2D eigenvalue weighted by Crippen LogP contribution is 2.38. The van der Waals surface area contributed by atoms with E-state index in [2.05, 4.69) is 44.2 Å². The number of anilines is 1. The molecule has 8 heteroatoms. The van der Waals surface area contributed by atoms with Gasteiger partial charge >= 0.3 is 7.12 Å². The van der Waals surface area contributed by atoms with Crippen molar-refractivity contribution in [3.8, 4) is 0 Å². The molecule has 1 aromatic carbocycles. The van der Waals surface area contributed by atoms with Gasteiger partial charge in [-0.2, -0.15) is 0 Å². The first-order chi connectivity index (χ1) is 15.5. The van der Waals surface area contributed by atoms with Crippen LogP contribution in [-0.4, -0.2) is 37.5 Å². The van der Waals surface area contributed by atoms with Crippen LogP contribution >= 0.6 is 0 Å². The molecule has 1 aliphatic rings. The molecule has 1 fully saturated rings. The monoisotopic (exact) mass is 482 g/mol. The van der Waals surface area contributed by atoms with E-state index < -0.39 is 26.6 Å². The lowest BCUT2D eigenvalue weighted by Crippen LogP contribution is -2.41. The smallest absolute Gasteiger partial charge is 0.413 e. The van der Waals surface area contributed by atoms with Crippen LogP contribution in [0.1, 0.15) is 70.1 Å². The molecule has 1 amide bonds. The number of benzene rings is 1. The van der Waals surface area contributed by atoms with E-state index in [4.69, 9.17) is 13.7 Å². The Morgan fingerprint density at radius 2 is 1.71 bits per heavy atom. The molecule has 0 radical (unpaired) electrons. The fourth-order valence-corrected chi connectivity index (χ4v) is 4.29. The molecule has 1 aromatic heterocycles. The number of carbonyl (C=O) groups is 1. The number of carbonyl (C=O) groups excluding carboxylic acids is 1. The summed E-state index contributed by atoms with van der Waals surface area (Å²) in [7, 11) is -2.33. The van der Waals surface area contributed by atoms with Crippen LogP contribution in [0.5, 0.6) is 0 Å². The maximum Gasteiger partial charge on any atom is 0.495 e. The predicted octanol–water partition coefficient (Wildman–Crippen LogP) is 5.46. The molecule has 1 aliphatic heterocycles. The largest absolute Gasteiger partial charge is 0.495 e. The molecular formula is C26H39BN2O4Si. The van der Waals surface area contributed by atoms with Gasteiger partial charge in [0.1, 0.15) is 5.69 Å². The average molecular weight is 483 g/mol. The van der Waals surface area contributed by atoms with Crippen LogP contribution in [0.3, 0.4) is 0 Å². The summed E-state index contributed by atoms with van der Waals surface area (Å²) in [6.07, 6.45) is 1.72. The minimum Gasteiger partial charge on any atom is -0.413 e. The number of hydrogen-bond donors (Lipinski definition) is 1. The highest BCUT2D eigenvalue weighted by molar-refractivity contribution is 6.74. The maximum absolute atomic E-state index is 12.9. The number of rotatable bonds is 6. The van der Waals surface area contributed by atoms with Gasteiger partial charge in [-0.1, -0.05) is 39.0 Å². The van der Waals surface area contributed by atoms with Crippen molar-refractivity contribution in [1.82, 2.24) is 4.98 Å². The Hall–Kier alpha value is -2.00. The minimum absolute atomic E-state index is 0.146. The van der Waals surface area contributed by atoms with Crippen molar-refractivity contribution in [2.45, 2.75) is 91.3 Å². The van der Waals surface area contributed by atoms with E-state index in [1.807, 2.05) is 58.9 Å². The van der Waals surface area contributed by atoms with Crippen molar-refractivity contribution < 1.29 is 18.5 Å². The van der Waals surface area contributed by atoms with Gasteiger partial charge in [-0.3, -0.25) is 9.78 Å². The first kappa shape index (κ1) is 26.6. The Morgan fingerprint density at radius 3 is 2.24 bits per heavy atom. The number of aromatic nitrogens is 1. The number of pyridine rings is 1. The second-order valence-electron chi connectivity index (χ2n) is 11.7. The third kappa shape index (κ3) is 5.46. The molecule has 2 aromatic rings. The standard InChI is InChI=1S/C26H39BN2O4Si/c1-18-20(27-32-25(5,6)26(7,8)33-27)12-11-13-21(18)29-23(30)22-15-14-19(16-28-22)17-31-34(9,10)24(2,3)4/h11-16H,17H2,1-10H3,(H,29,30). The molecule has 0 saturated carbocycles. The fourth-order valence-electron chi connectivity index (χ4n) is 3.33. The Bertz CT molecular complexity index is 1030. The number of hydrogen-bond acceptors (Lipinski definition) is 5. The van der Waals surface area contributed by atoms with E-state index in [9.17, 15) is 4.79 Å². The molecule has 0 bridgehead atoms.